The first-order valence-electron chi connectivity index (χ1n) is 6.46. The number of hydrogen-bond acceptors (Lipinski definition) is 3. The third-order valence-electron chi connectivity index (χ3n) is 3.65. The molecule has 2 rings (SSSR count). The predicted octanol–water partition coefficient (Wildman–Crippen LogP) is 2.84. The molecule has 1 amide bonds. The van der Waals surface area contributed by atoms with Crippen molar-refractivity contribution in [3.63, 3.8) is 0 Å². The van der Waals surface area contributed by atoms with Gasteiger partial charge in [0.25, 0.3) is 5.91 Å². The Morgan fingerprint density at radius 1 is 1.43 bits per heavy atom. The van der Waals surface area contributed by atoms with Gasteiger partial charge in [0.05, 0.1) is 5.02 Å². The number of carboxylic acid groups (broad SMARTS) is 1. The van der Waals surface area contributed by atoms with Gasteiger partial charge in [0, 0.05) is 17.6 Å². The molecule has 1 aromatic rings. The zero-order chi connectivity index (χ0) is 15.6. The van der Waals surface area contributed by atoms with E-state index >= 15 is 0 Å². The van der Waals surface area contributed by atoms with Gasteiger partial charge in [-0.2, -0.15) is 0 Å². The summed E-state index contributed by atoms with van der Waals surface area (Å²) in [6.07, 6.45) is 1.10. The molecule has 0 radical (unpaired) electrons. The average Bonchev–Trinajstić information content (AvgIpc) is 2.83. The first kappa shape index (κ1) is 15.9. The second-order valence-corrected chi connectivity index (χ2v) is 5.93. The minimum Gasteiger partial charge on any atom is -0.482 e. The minimum atomic E-state index is -1.17. The summed E-state index contributed by atoms with van der Waals surface area (Å²) in [5, 5.41) is 10.1. The Balaban J connectivity index is 2.05. The van der Waals surface area contributed by atoms with Crippen molar-refractivity contribution in [2.24, 2.45) is 0 Å². The largest absolute Gasteiger partial charge is 0.482 e. The molecule has 1 aliphatic rings. The Bertz CT molecular complexity index is 578. The molecule has 1 atom stereocenters. The van der Waals surface area contributed by atoms with E-state index in [1.807, 2.05) is 0 Å². The van der Waals surface area contributed by atoms with Gasteiger partial charge < -0.3 is 14.7 Å². The van der Waals surface area contributed by atoms with Crippen molar-refractivity contribution in [1.29, 1.82) is 0 Å². The van der Waals surface area contributed by atoms with Crippen LogP contribution in [0.2, 0.25) is 10.0 Å². The summed E-state index contributed by atoms with van der Waals surface area (Å²) in [5.74, 6) is -1.09. The average molecular weight is 332 g/mol. The summed E-state index contributed by atoms with van der Waals surface area (Å²) in [6.45, 7) is 1.68. The molecule has 1 N–H and O–H groups in total. The fraction of sp³-hybridized carbons (Fsp3) is 0.429. The van der Waals surface area contributed by atoms with Crippen molar-refractivity contribution >= 4 is 35.1 Å². The molecule has 0 saturated carbocycles. The van der Waals surface area contributed by atoms with Crippen molar-refractivity contribution < 1.29 is 19.4 Å². The van der Waals surface area contributed by atoms with Crippen molar-refractivity contribution in [2.45, 2.75) is 25.3 Å². The van der Waals surface area contributed by atoms with E-state index in [1.54, 1.807) is 19.1 Å². The van der Waals surface area contributed by atoms with Crippen LogP contribution in [0.3, 0.4) is 0 Å². The number of carboxylic acids is 1. The van der Waals surface area contributed by atoms with Gasteiger partial charge in [-0.1, -0.05) is 23.2 Å². The van der Waals surface area contributed by atoms with Gasteiger partial charge in [-0.15, -0.1) is 0 Å². The summed E-state index contributed by atoms with van der Waals surface area (Å²) in [6, 6.07) is 4.69. The zero-order valence-corrected chi connectivity index (χ0v) is 12.9. The van der Waals surface area contributed by atoms with Crippen LogP contribution in [0.25, 0.3) is 0 Å². The van der Waals surface area contributed by atoms with Crippen LogP contribution >= 0.6 is 23.2 Å². The Hall–Kier alpha value is -1.46. The SMILES string of the molecule is CC1(C(=O)O)CCCN1C(=O)COc1cc(Cl)ccc1Cl. The number of rotatable bonds is 4. The Morgan fingerprint density at radius 2 is 2.14 bits per heavy atom. The molecular weight excluding hydrogens is 317 g/mol. The van der Waals surface area contributed by atoms with Crippen LogP contribution in [0, 0.1) is 0 Å². The lowest BCUT2D eigenvalue weighted by molar-refractivity contribution is -0.156. The summed E-state index contributed by atoms with van der Waals surface area (Å²) in [7, 11) is 0. The molecule has 114 valence electrons. The van der Waals surface area contributed by atoms with E-state index in [0.29, 0.717) is 35.2 Å². The summed E-state index contributed by atoms with van der Waals surface area (Å²) in [4.78, 5) is 24.9. The van der Waals surface area contributed by atoms with Crippen molar-refractivity contribution in [1.82, 2.24) is 4.90 Å². The summed E-state index contributed by atoms with van der Waals surface area (Å²) >= 11 is 11.8. The Kier molecular flexibility index (Phi) is 4.64. The molecule has 0 aromatic heterocycles. The maximum atomic E-state index is 12.2. The molecule has 1 aliphatic heterocycles. The molecule has 1 unspecified atom stereocenters. The fourth-order valence-corrected chi connectivity index (χ4v) is 2.72. The highest BCUT2D eigenvalue weighted by molar-refractivity contribution is 6.34. The van der Waals surface area contributed by atoms with Crippen LogP contribution in [0.1, 0.15) is 19.8 Å². The molecule has 1 aromatic carbocycles. The summed E-state index contributed by atoms with van der Waals surface area (Å²) < 4.78 is 5.36. The summed E-state index contributed by atoms with van der Waals surface area (Å²) in [5.41, 5.74) is -1.17. The van der Waals surface area contributed by atoms with E-state index in [0.717, 1.165) is 0 Å². The van der Waals surface area contributed by atoms with Crippen LogP contribution < -0.4 is 4.74 Å². The molecule has 5 nitrogen and oxygen atoms in total. The molecule has 1 heterocycles. The van der Waals surface area contributed by atoms with Gasteiger partial charge in [0.2, 0.25) is 0 Å². The lowest BCUT2D eigenvalue weighted by atomic mass is 9.99. The van der Waals surface area contributed by atoms with Gasteiger partial charge in [0.15, 0.2) is 6.61 Å². The van der Waals surface area contributed by atoms with E-state index in [-0.39, 0.29) is 12.5 Å². The quantitative estimate of drug-likeness (QED) is 0.921. The number of carbonyl (C=O) groups is 2. The predicted molar refractivity (Wildman–Crippen MR) is 78.9 cm³/mol. The van der Waals surface area contributed by atoms with Crippen LogP contribution in [0.15, 0.2) is 18.2 Å². The van der Waals surface area contributed by atoms with Crippen LogP contribution in [0.5, 0.6) is 5.75 Å². The second kappa shape index (κ2) is 6.12. The van der Waals surface area contributed by atoms with E-state index in [4.69, 9.17) is 27.9 Å². The fourth-order valence-electron chi connectivity index (χ4n) is 2.39. The number of amides is 1. The number of ether oxygens (including phenoxy) is 1. The highest BCUT2D eigenvalue weighted by atomic mass is 35.5. The highest BCUT2D eigenvalue weighted by Crippen LogP contribution is 2.30. The molecule has 0 spiro atoms. The van der Waals surface area contributed by atoms with Crippen LogP contribution in [-0.4, -0.2) is 40.6 Å². The monoisotopic (exact) mass is 331 g/mol. The first-order chi connectivity index (χ1) is 9.84. The number of halogens is 2. The van der Waals surface area contributed by atoms with Crippen LogP contribution in [0.4, 0.5) is 0 Å². The molecule has 1 fully saturated rings. The molecule has 21 heavy (non-hydrogen) atoms. The second-order valence-electron chi connectivity index (χ2n) is 5.09. The normalized spacial score (nSPS) is 21.4. The van der Waals surface area contributed by atoms with Gasteiger partial charge >= 0.3 is 5.97 Å². The zero-order valence-electron chi connectivity index (χ0n) is 11.4. The van der Waals surface area contributed by atoms with Gasteiger partial charge in [-0.3, -0.25) is 4.79 Å². The van der Waals surface area contributed by atoms with Crippen molar-refractivity contribution in [3.05, 3.63) is 28.2 Å². The van der Waals surface area contributed by atoms with E-state index in [1.165, 1.54) is 11.0 Å². The number of benzene rings is 1. The lowest BCUT2D eigenvalue weighted by Gasteiger charge is -2.31. The van der Waals surface area contributed by atoms with Crippen LogP contribution in [-0.2, 0) is 9.59 Å². The highest BCUT2D eigenvalue weighted by Gasteiger charge is 2.45. The minimum absolute atomic E-state index is 0.275. The third-order valence-corrected chi connectivity index (χ3v) is 4.19. The van der Waals surface area contributed by atoms with E-state index < -0.39 is 11.5 Å². The number of likely N-dealkylation sites (tertiary alicyclic amines) is 1. The van der Waals surface area contributed by atoms with E-state index in [2.05, 4.69) is 0 Å². The maximum absolute atomic E-state index is 12.2. The standard InChI is InChI=1S/C14H15Cl2NO4/c1-14(13(19)20)5-2-6-17(14)12(18)8-21-11-7-9(15)3-4-10(11)16/h3-4,7H,2,5-6,8H2,1H3,(H,19,20). The topological polar surface area (TPSA) is 66.8 Å². The Labute approximate surface area is 132 Å². The Morgan fingerprint density at radius 3 is 2.81 bits per heavy atom. The van der Waals surface area contributed by atoms with Gasteiger partial charge in [0.1, 0.15) is 11.3 Å². The first-order valence-corrected chi connectivity index (χ1v) is 7.22. The van der Waals surface area contributed by atoms with Gasteiger partial charge in [-0.25, -0.2) is 4.79 Å². The number of hydrogen-bond donors (Lipinski definition) is 1. The number of carbonyl (C=O) groups excluding carboxylic acids is 1. The smallest absolute Gasteiger partial charge is 0.329 e. The third kappa shape index (κ3) is 3.24. The van der Waals surface area contributed by atoms with Crippen molar-refractivity contribution in [3.8, 4) is 5.75 Å². The molecule has 7 heteroatoms. The van der Waals surface area contributed by atoms with Crippen molar-refractivity contribution in [2.75, 3.05) is 13.2 Å². The lowest BCUT2D eigenvalue weighted by Crippen LogP contribution is -2.52. The molecule has 0 bridgehead atoms. The molecule has 1 saturated heterocycles. The number of aliphatic carboxylic acids is 1. The van der Waals surface area contributed by atoms with Gasteiger partial charge in [-0.05, 0) is 31.9 Å². The maximum Gasteiger partial charge on any atom is 0.329 e. The molecular formula is C14H15Cl2NO4. The molecule has 0 aliphatic carbocycles. The van der Waals surface area contributed by atoms with E-state index in [9.17, 15) is 14.7 Å². The number of nitrogens with zero attached hydrogens (tertiary/aromatic N) is 1.